The van der Waals surface area contributed by atoms with Crippen molar-refractivity contribution in [3.63, 3.8) is 0 Å². The van der Waals surface area contributed by atoms with E-state index in [0.29, 0.717) is 5.69 Å². The van der Waals surface area contributed by atoms with Gasteiger partial charge >= 0.3 is 5.76 Å². The van der Waals surface area contributed by atoms with Crippen molar-refractivity contribution in [1.82, 2.24) is 19.7 Å². The van der Waals surface area contributed by atoms with E-state index in [0.717, 1.165) is 15.5 Å². The third kappa shape index (κ3) is 2.48. The molecule has 0 radical (unpaired) electrons. The summed E-state index contributed by atoms with van der Waals surface area (Å²) < 4.78 is 6.15. The first-order chi connectivity index (χ1) is 10.6. The minimum absolute atomic E-state index is 0.105. The van der Waals surface area contributed by atoms with E-state index in [1.165, 1.54) is 4.90 Å². The maximum Gasteiger partial charge on any atom is 0.437 e. The SMILES string of the molecule is CN(C)C(=O)Cn1nc(-c2nccc3ccccc23)oc1=O. The highest BCUT2D eigenvalue weighted by molar-refractivity contribution is 5.92. The Kier molecular flexibility index (Phi) is 3.46. The molecule has 2 heterocycles. The summed E-state index contributed by atoms with van der Waals surface area (Å²) >= 11 is 0. The van der Waals surface area contributed by atoms with Crippen LogP contribution in [0.15, 0.2) is 45.7 Å². The van der Waals surface area contributed by atoms with Gasteiger partial charge in [0.2, 0.25) is 5.91 Å². The molecule has 3 rings (SSSR count). The summed E-state index contributed by atoms with van der Waals surface area (Å²) in [7, 11) is 3.22. The van der Waals surface area contributed by atoms with Gasteiger partial charge in [-0.25, -0.2) is 4.79 Å². The summed E-state index contributed by atoms with van der Waals surface area (Å²) in [6.45, 7) is -0.167. The molecule has 2 aromatic heterocycles. The largest absolute Gasteiger partial charge is 0.437 e. The highest BCUT2D eigenvalue weighted by atomic mass is 16.4. The molecule has 3 aromatic rings. The molecule has 22 heavy (non-hydrogen) atoms. The molecule has 0 N–H and O–H groups in total. The zero-order chi connectivity index (χ0) is 15.7. The second-order valence-corrected chi connectivity index (χ2v) is 5.00. The number of hydrogen-bond acceptors (Lipinski definition) is 5. The van der Waals surface area contributed by atoms with Crippen LogP contribution in [0, 0.1) is 0 Å². The van der Waals surface area contributed by atoms with Gasteiger partial charge in [0, 0.05) is 25.7 Å². The zero-order valence-corrected chi connectivity index (χ0v) is 12.2. The minimum atomic E-state index is -0.681. The number of carbonyl (C=O) groups is 1. The van der Waals surface area contributed by atoms with Gasteiger partial charge in [-0.05, 0) is 11.5 Å². The Morgan fingerprint density at radius 1 is 1.27 bits per heavy atom. The molecule has 0 bridgehead atoms. The van der Waals surface area contributed by atoms with Crippen LogP contribution in [0.1, 0.15) is 0 Å². The molecule has 0 fully saturated rings. The third-order valence-corrected chi connectivity index (χ3v) is 3.27. The summed E-state index contributed by atoms with van der Waals surface area (Å²) in [4.78, 5) is 29.2. The molecule has 0 unspecified atom stereocenters. The monoisotopic (exact) mass is 298 g/mol. The molecule has 0 aliphatic rings. The van der Waals surface area contributed by atoms with E-state index in [1.807, 2.05) is 30.3 Å². The minimum Gasteiger partial charge on any atom is -0.386 e. The molecule has 0 saturated heterocycles. The molecule has 7 nitrogen and oxygen atoms in total. The Hall–Kier alpha value is -2.96. The fourth-order valence-corrected chi connectivity index (χ4v) is 2.06. The molecule has 0 spiro atoms. The molecular weight excluding hydrogens is 284 g/mol. The average molecular weight is 298 g/mol. The van der Waals surface area contributed by atoms with Crippen LogP contribution in [0.25, 0.3) is 22.4 Å². The van der Waals surface area contributed by atoms with Gasteiger partial charge in [0.25, 0.3) is 5.89 Å². The maximum atomic E-state index is 11.8. The van der Waals surface area contributed by atoms with Crippen LogP contribution in [-0.2, 0) is 11.3 Å². The average Bonchev–Trinajstić information content (AvgIpc) is 2.87. The Bertz CT molecular complexity index is 890. The number of benzene rings is 1. The fourth-order valence-electron chi connectivity index (χ4n) is 2.06. The first kappa shape index (κ1) is 14.0. The quantitative estimate of drug-likeness (QED) is 0.724. The fraction of sp³-hybridized carbons (Fsp3) is 0.200. The van der Waals surface area contributed by atoms with Crippen molar-refractivity contribution in [2.24, 2.45) is 0 Å². The number of pyridine rings is 1. The molecule has 1 amide bonds. The number of amides is 1. The molecular formula is C15H14N4O3. The van der Waals surface area contributed by atoms with Crippen LogP contribution in [0.4, 0.5) is 0 Å². The van der Waals surface area contributed by atoms with Crippen LogP contribution < -0.4 is 5.76 Å². The second kappa shape index (κ2) is 5.44. The van der Waals surface area contributed by atoms with E-state index >= 15 is 0 Å². The second-order valence-electron chi connectivity index (χ2n) is 5.00. The van der Waals surface area contributed by atoms with Crippen molar-refractivity contribution < 1.29 is 9.21 Å². The lowest BCUT2D eigenvalue weighted by Gasteiger charge is -2.08. The Balaban J connectivity index is 2.06. The topological polar surface area (TPSA) is 81.2 Å². The van der Waals surface area contributed by atoms with Crippen LogP contribution in [0.3, 0.4) is 0 Å². The normalized spacial score (nSPS) is 10.8. The highest BCUT2D eigenvalue weighted by Gasteiger charge is 2.16. The summed E-state index contributed by atoms with van der Waals surface area (Å²) in [6, 6.07) is 9.46. The van der Waals surface area contributed by atoms with Gasteiger partial charge in [-0.15, -0.1) is 5.10 Å². The number of rotatable bonds is 3. The summed E-state index contributed by atoms with van der Waals surface area (Å²) in [6.07, 6.45) is 1.63. The Morgan fingerprint density at radius 3 is 2.82 bits per heavy atom. The van der Waals surface area contributed by atoms with E-state index in [2.05, 4.69) is 10.1 Å². The van der Waals surface area contributed by atoms with Crippen molar-refractivity contribution in [1.29, 1.82) is 0 Å². The summed E-state index contributed by atoms with van der Waals surface area (Å²) in [5, 5.41) is 5.88. The number of likely N-dealkylation sites (N-methyl/N-ethyl adjacent to an activating group) is 1. The lowest BCUT2D eigenvalue weighted by molar-refractivity contribution is -0.129. The van der Waals surface area contributed by atoms with Gasteiger partial charge < -0.3 is 9.32 Å². The number of carbonyl (C=O) groups excluding carboxylic acids is 1. The van der Waals surface area contributed by atoms with Gasteiger partial charge in [0.05, 0.1) is 0 Å². The molecule has 112 valence electrons. The van der Waals surface area contributed by atoms with E-state index < -0.39 is 5.76 Å². The molecule has 7 heteroatoms. The first-order valence-electron chi connectivity index (χ1n) is 6.68. The summed E-state index contributed by atoms with van der Waals surface area (Å²) in [5.74, 6) is -0.818. The van der Waals surface area contributed by atoms with Crippen molar-refractivity contribution >= 4 is 16.7 Å². The van der Waals surface area contributed by atoms with Gasteiger partial charge in [-0.2, -0.15) is 4.68 Å². The van der Waals surface area contributed by atoms with Gasteiger partial charge in [0.1, 0.15) is 12.2 Å². The maximum absolute atomic E-state index is 11.8. The molecule has 0 atom stereocenters. The van der Waals surface area contributed by atoms with Gasteiger partial charge in [-0.1, -0.05) is 24.3 Å². The summed E-state index contributed by atoms with van der Waals surface area (Å²) in [5.41, 5.74) is 0.478. The highest BCUT2D eigenvalue weighted by Crippen LogP contribution is 2.23. The lowest BCUT2D eigenvalue weighted by Crippen LogP contribution is -2.30. The van der Waals surface area contributed by atoms with Gasteiger partial charge in [0.15, 0.2) is 0 Å². The first-order valence-corrected chi connectivity index (χ1v) is 6.68. The molecule has 0 aliphatic heterocycles. The van der Waals surface area contributed by atoms with Crippen molar-refractivity contribution in [2.45, 2.75) is 6.54 Å². The van der Waals surface area contributed by atoms with Crippen molar-refractivity contribution in [3.8, 4) is 11.6 Å². The number of fused-ring (bicyclic) bond motifs is 1. The van der Waals surface area contributed by atoms with E-state index in [-0.39, 0.29) is 18.3 Å². The van der Waals surface area contributed by atoms with Crippen molar-refractivity contribution in [3.05, 3.63) is 47.1 Å². The van der Waals surface area contributed by atoms with Crippen molar-refractivity contribution in [2.75, 3.05) is 14.1 Å². The lowest BCUT2D eigenvalue weighted by atomic mass is 10.1. The molecule has 0 aliphatic carbocycles. The predicted molar refractivity (Wildman–Crippen MR) is 80.2 cm³/mol. The predicted octanol–water partition coefficient (Wildman–Crippen LogP) is 1.14. The van der Waals surface area contributed by atoms with Crippen LogP contribution in [0.5, 0.6) is 0 Å². The van der Waals surface area contributed by atoms with E-state index in [9.17, 15) is 9.59 Å². The van der Waals surface area contributed by atoms with Gasteiger partial charge in [-0.3, -0.25) is 9.78 Å². The number of aromatic nitrogens is 3. The van der Waals surface area contributed by atoms with Crippen LogP contribution in [-0.4, -0.2) is 39.7 Å². The standard InChI is InChI=1S/C15H14N4O3/c1-18(2)12(20)9-19-15(21)22-14(17-19)13-11-6-4-3-5-10(11)7-8-16-13/h3-8H,9H2,1-2H3. The third-order valence-electron chi connectivity index (χ3n) is 3.27. The smallest absolute Gasteiger partial charge is 0.386 e. The van der Waals surface area contributed by atoms with Crippen LogP contribution >= 0.6 is 0 Å². The Morgan fingerprint density at radius 2 is 2.05 bits per heavy atom. The molecule has 0 saturated carbocycles. The number of nitrogens with zero attached hydrogens (tertiary/aromatic N) is 4. The van der Waals surface area contributed by atoms with E-state index in [1.54, 1.807) is 20.3 Å². The van der Waals surface area contributed by atoms with Crippen LogP contribution in [0.2, 0.25) is 0 Å². The zero-order valence-electron chi connectivity index (χ0n) is 12.2. The number of hydrogen-bond donors (Lipinski definition) is 0. The van der Waals surface area contributed by atoms with E-state index in [4.69, 9.17) is 4.42 Å². The molecule has 1 aromatic carbocycles. The Labute approximate surface area is 125 Å².